The summed E-state index contributed by atoms with van der Waals surface area (Å²) in [5, 5.41) is 3.65. The number of hydrogen-bond acceptors (Lipinski definition) is 3. The summed E-state index contributed by atoms with van der Waals surface area (Å²) in [5.41, 5.74) is 1.24. The fraction of sp³-hybridized carbons (Fsp3) is 0.467. The van der Waals surface area contributed by atoms with Gasteiger partial charge < -0.3 is 10.1 Å². The maximum absolute atomic E-state index is 5.58. The topological polar surface area (TPSA) is 21.3 Å². The van der Waals surface area contributed by atoms with E-state index in [4.69, 9.17) is 4.74 Å². The molecule has 0 bridgehead atoms. The normalized spacial score (nSPS) is 23.6. The smallest absolute Gasteiger partial charge is 0.0566 e. The van der Waals surface area contributed by atoms with Crippen molar-refractivity contribution in [2.45, 2.75) is 36.8 Å². The first-order valence-corrected chi connectivity index (χ1v) is 7.49. The van der Waals surface area contributed by atoms with Gasteiger partial charge in [0.15, 0.2) is 0 Å². The standard InChI is InChI=1S/C15H21NOS/c1-3-10-18-15-7-5-4-6-14(15)16-13-8-9-17-12(2)11-13/h3-7,12-13,16H,1,8-11H2,2H3. The molecular weight excluding hydrogens is 242 g/mol. The molecule has 1 fully saturated rings. The van der Waals surface area contributed by atoms with E-state index in [0.717, 1.165) is 25.2 Å². The summed E-state index contributed by atoms with van der Waals surface area (Å²) in [6, 6.07) is 9.02. The first-order valence-electron chi connectivity index (χ1n) is 6.50. The molecule has 1 saturated heterocycles. The molecule has 1 aromatic carbocycles. The predicted molar refractivity (Wildman–Crippen MR) is 79.4 cm³/mol. The van der Waals surface area contributed by atoms with Crippen LogP contribution in [0, 0.1) is 0 Å². The highest BCUT2D eigenvalue weighted by Gasteiger charge is 2.19. The number of thioether (sulfide) groups is 1. The molecule has 2 rings (SSSR count). The monoisotopic (exact) mass is 263 g/mol. The van der Waals surface area contributed by atoms with Crippen molar-refractivity contribution in [1.82, 2.24) is 0 Å². The number of benzene rings is 1. The van der Waals surface area contributed by atoms with Crippen LogP contribution in [0.25, 0.3) is 0 Å². The third-order valence-corrected chi connectivity index (χ3v) is 4.16. The second-order valence-corrected chi connectivity index (χ2v) is 5.70. The zero-order valence-electron chi connectivity index (χ0n) is 10.9. The highest BCUT2D eigenvalue weighted by Crippen LogP contribution is 2.29. The molecule has 0 aliphatic carbocycles. The molecule has 98 valence electrons. The Labute approximate surface area is 114 Å². The van der Waals surface area contributed by atoms with Crippen LogP contribution in [-0.4, -0.2) is 24.5 Å². The van der Waals surface area contributed by atoms with Crippen molar-refractivity contribution in [3.05, 3.63) is 36.9 Å². The van der Waals surface area contributed by atoms with Gasteiger partial charge in [-0.3, -0.25) is 0 Å². The molecule has 0 aromatic heterocycles. The van der Waals surface area contributed by atoms with Crippen molar-refractivity contribution in [2.24, 2.45) is 0 Å². The molecule has 1 aromatic rings. The number of ether oxygens (including phenoxy) is 1. The lowest BCUT2D eigenvalue weighted by Gasteiger charge is -2.29. The SMILES string of the molecule is C=CCSc1ccccc1NC1CCOC(C)C1. The van der Waals surface area contributed by atoms with Gasteiger partial charge in [0, 0.05) is 29.0 Å². The summed E-state index contributed by atoms with van der Waals surface area (Å²) in [6.07, 6.45) is 4.48. The van der Waals surface area contributed by atoms with Crippen molar-refractivity contribution in [3.8, 4) is 0 Å². The largest absolute Gasteiger partial charge is 0.381 e. The lowest BCUT2D eigenvalue weighted by molar-refractivity contribution is 0.0232. The average Bonchev–Trinajstić information content (AvgIpc) is 2.38. The van der Waals surface area contributed by atoms with Crippen molar-refractivity contribution >= 4 is 17.4 Å². The van der Waals surface area contributed by atoms with E-state index in [1.807, 2.05) is 17.8 Å². The van der Waals surface area contributed by atoms with E-state index >= 15 is 0 Å². The van der Waals surface area contributed by atoms with E-state index < -0.39 is 0 Å². The lowest BCUT2D eigenvalue weighted by atomic mass is 10.0. The third-order valence-electron chi connectivity index (χ3n) is 3.09. The zero-order chi connectivity index (χ0) is 12.8. The van der Waals surface area contributed by atoms with Gasteiger partial charge in [0.05, 0.1) is 6.10 Å². The van der Waals surface area contributed by atoms with E-state index in [9.17, 15) is 0 Å². The molecule has 2 atom stereocenters. The van der Waals surface area contributed by atoms with E-state index in [-0.39, 0.29) is 0 Å². The fourth-order valence-electron chi connectivity index (χ4n) is 2.21. The minimum absolute atomic E-state index is 0.365. The number of hydrogen-bond donors (Lipinski definition) is 1. The van der Waals surface area contributed by atoms with Crippen LogP contribution < -0.4 is 5.32 Å². The van der Waals surface area contributed by atoms with E-state index in [0.29, 0.717) is 12.1 Å². The number of rotatable bonds is 5. The lowest BCUT2D eigenvalue weighted by Crippen LogP contribution is -2.32. The van der Waals surface area contributed by atoms with Crippen LogP contribution in [0.1, 0.15) is 19.8 Å². The fourth-order valence-corrected chi connectivity index (χ4v) is 2.96. The van der Waals surface area contributed by atoms with E-state index in [1.54, 1.807) is 0 Å². The second-order valence-electron chi connectivity index (χ2n) is 4.64. The van der Waals surface area contributed by atoms with Gasteiger partial charge in [-0.2, -0.15) is 0 Å². The van der Waals surface area contributed by atoms with Crippen molar-refractivity contribution in [1.29, 1.82) is 0 Å². The molecule has 18 heavy (non-hydrogen) atoms. The molecule has 1 N–H and O–H groups in total. The van der Waals surface area contributed by atoms with Crippen molar-refractivity contribution < 1.29 is 4.74 Å². The van der Waals surface area contributed by atoms with Crippen molar-refractivity contribution in [3.63, 3.8) is 0 Å². The molecule has 0 saturated carbocycles. The summed E-state index contributed by atoms with van der Waals surface area (Å²) in [7, 11) is 0. The van der Waals surface area contributed by atoms with Crippen LogP contribution in [0.5, 0.6) is 0 Å². The summed E-state index contributed by atoms with van der Waals surface area (Å²) in [4.78, 5) is 1.30. The first kappa shape index (κ1) is 13.5. The highest BCUT2D eigenvalue weighted by atomic mass is 32.2. The number of nitrogens with one attached hydrogen (secondary N) is 1. The maximum atomic E-state index is 5.58. The van der Waals surface area contributed by atoms with Gasteiger partial charge in [0.2, 0.25) is 0 Å². The van der Waals surface area contributed by atoms with Gasteiger partial charge in [-0.25, -0.2) is 0 Å². The molecule has 0 amide bonds. The van der Waals surface area contributed by atoms with E-state index in [1.165, 1.54) is 10.6 Å². The zero-order valence-corrected chi connectivity index (χ0v) is 11.7. The number of anilines is 1. The quantitative estimate of drug-likeness (QED) is 0.642. The van der Waals surface area contributed by atoms with Crippen LogP contribution in [0.15, 0.2) is 41.8 Å². The molecule has 2 unspecified atom stereocenters. The Kier molecular flexibility index (Phi) is 5.14. The average molecular weight is 263 g/mol. The molecule has 0 spiro atoms. The molecule has 1 heterocycles. The van der Waals surface area contributed by atoms with Gasteiger partial charge >= 0.3 is 0 Å². The Morgan fingerprint density at radius 1 is 1.50 bits per heavy atom. The van der Waals surface area contributed by atoms with Gasteiger partial charge in [-0.05, 0) is 31.9 Å². The van der Waals surface area contributed by atoms with Crippen LogP contribution >= 0.6 is 11.8 Å². The Morgan fingerprint density at radius 2 is 2.33 bits per heavy atom. The Hall–Kier alpha value is -0.930. The molecule has 1 aliphatic rings. The van der Waals surface area contributed by atoms with Crippen molar-refractivity contribution in [2.75, 3.05) is 17.7 Å². The van der Waals surface area contributed by atoms with Crippen LogP contribution in [-0.2, 0) is 4.74 Å². The van der Waals surface area contributed by atoms with E-state index in [2.05, 4.69) is 43.1 Å². The Bertz CT molecular complexity index is 394. The second kappa shape index (κ2) is 6.86. The molecule has 3 heteroatoms. The first-order chi connectivity index (χ1) is 8.79. The summed E-state index contributed by atoms with van der Waals surface area (Å²) in [5.74, 6) is 0.947. The predicted octanol–water partition coefficient (Wildman–Crippen LogP) is 3.94. The van der Waals surface area contributed by atoms with Gasteiger partial charge in [-0.1, -0.05) is 18.2 Å². The van der Waals surface area contributed by atoms with Gasteiger partial charge in [0.1, 0.15) is 0 Å². The summed E-state index contributed by atoms with van der Waals surface area (Å²) in [6.45, 7) is 6.78. The van der Waals surface area contributed by atoms with Crippen LogP contribution in [0.2, 0.25) is 0 Å². The molecular formula is C15H21NOS. The Balaban J connectivity index is 2.01. The minimum atomic E-state index is 0.365. The summed E-state index contributed by atoms with van der Waals surface area (Å²) < 4.78 is 5.58. The van der Waals surface area contributed by atoms with Gasteiger partial charge in [-0.15, -0.1) is 18.3 Å². The Morgan fingerprint density at radius 3 is 3.11 bits per heavy atom. The summed E-state index contributed by atoms with van der Waals surface area (Å²) >= 11 is 1.82. The third kappa shape index (κ3) is 3.79. The highest BCUT2D eigenvalue weighted by molar-refractivity contribution is 7.99. The van der Waals surface area contributed by atoms with Gasteiger partial charge in [0.25, 0.3) is 0 Å². The molecule has 2 nitrogen and oxygen atoms in total. The molecule has 1 aliphatic heterocycles. The maximum Gasteiger partial charge on any atom is 0.0566 e. The van der Waals surface area contributed by atoms with Crippen LogP contribution in [0.4, 0.5) is 5.69 Å². The molecule has 0 radical (unpaired) electrons. The van der Waals surface area contributed by atoms with Crippen LogP contribution in [0.3, 0.4) is 0 Å². The number of para-hydroxylation sites is 1. The minimum Gasteiger partial charge on any atom is -0.381 e.